The van der Waals surface area contributed by atoms with Gasteiger partial charge < -0.3 is 24.2 Å². The lowest BCUT2D eigenvalue weighted by Gasteiger charge is -2.36. The summed E-state index contributed by atoms with van der Waals surface area (Å²) >= 11 is 0. The molecule has 35 heavy (non-hydrogen) atoms. The molecule has 10 nitrogen and oxygen atoms in total. The van der Waals surface area contributed by atoms with Crippen LogP contribution in [-0.2, 0) is 19.6 Å². The highest BCUT2D eigenvalue weighted by atomic mass is 32.2. The number of hydrogen-bond acceptors (Lipinski definition) is 7. The lowest BCUT2D eigenvalue weighted by molar-refractivity contribution is -0.140. The maximum Gasteiger partial charge on any atom is 0.285 e. The van der Waals surface area contributed by atoms with Gasteiger partial charge in [0.2, 0.25) is 11.8 Å². The van der Waals surface area contributed by atoms with Gasteiger partial charge in [-0.2, -0.15) is 8.42 Å². The van der Waals surface area contributed by atoms with Crippen molar-refractivity contribution in [2.75, 3.05) is 50.8 Å². The molecule has 1 unspecified atom stereocenters. The van der Waals surface area contributed by atoms with Crippen LogP contribution in [0, 0.1) is 5.92 Å². The molecule has 2 amide bonds. The molecule has 4 aliphatic heterocycles. The molecule has 0 aromatic heterocycles. The summed E-state index contributed by atoms with van der Waals surface area (Å²) < 4.78 is 39.9. The van der Waals surface area contributed by atoms with Gasteiger partial charge in [0.25, 0.3) is 10.0 Å². The Hall–Kier alpha value is -3.60. The minimum Gasteiger partial charge on any atom is -0.486 e. The number of fused-ring (bicyclic) bond motifs is 2. The van der Waals surface area contributed by atoms with E-state index in [1.807, 2.05) is 11.0 Å². The molecule has 0 saturated carbocycles. The zero-order chi connectivity index (χ0) is 24.2. The number of hydrogen-bond donors (Lipinski definition) is 0. The Morgan fingerprint density at radius 3 is 2.49 bits per heavy atom. The van der Waals surface area contributed by atoms with Crippen molar-refractivity contribution in [3.63, 3.8) is 0 Å². The highest BCUT2D eigenvalue weighted by Crippen LogP contribution is 2.36. The lowest BCUT2D eigenvalue weighted by atomic mass is 10.1. The molecule has 11 heteroatoms. The van der Waals surface area contributed by atoms with E-state index in [1.54, 1.807) is 46.2 Å². The van der Waals surface area contributed by atoms with Gasteiger partial charge in [-0.05, 0) is 30.7 Å². The molecule has 1 atom stereocenters. The number of piperazine rings is 1. The van der Waals surface area contributed by atoms with Crippen LogP contribution in [0.25, 0.3) is 0 Å². The van der Waals surface area contributed by atoms with Gasteiger partial charge >= 0.3 is 0 Å². The van der Waals surface area contributed by atoms with E-state index < -0.39 is 15.9 Å². The molecule has 2 aromatic carbocycles. The fourth-order valence-electron chi connectivity index (χ4n) is 5.04. The number of benzene rings is 2. The Labute approximate surface area is 202 Å². The van der Waals surface area contributed by atoms with Crippen LogP contribution in [0.5, 0.6) is 11.5 Å². The normalized spacial score (nSPS) is 22.7. The molecule has 182 valence electrons. The van der Waals surface area contributed by atoms with Crippen LogP contribution in [-0.4, -0.2) is 81.8 Å². The van der Waals surface area contributed by atoms with Gasteiger partial charge in [0, 0.05) is 50.0 Å². The first-order valence-electron chi connectivity index (χ1n) is 11.6. The average molecular weight is 497 g/mol. The van der Waals surface area contributed by atoms with Gasteiger partial charge in [0.15, 0.2) is 17.3 Å². The molecular formula is C24H24N4O6S. The van der Waals surface area contributed by atoms with Crippen molar-refractivity contribution in [2.45, 2.75) is 11.3 Å². The molecular weight excluding hydrogens is 472 g/mol. The summed E-state index contributed by atoms with van der Waals surface area (Å²) in [6, 6.07) is 12.2. The zero-order valence-corrected chi connectivity index (χ0v) is 19.7. The minimum absolute atomic E-state index is 0.184. The van der Waals surface area contributed by atoms with Crippen LogP contribution in [0.3, 0.4) is 0 Å². The molecule has 6 rings (SSSR count). The standard InChI is InChI=1S/C24H24N4O6S/c29-23(18-7-8-28(24(18)30)16-5-6-19-20(15-16)34-14-13-33-19)27-11-9-26(10-12-27)22-17-3-1-2-4-21(17)35(31,32)25-22/h1-6,15,18H,7-14H2. The first-order valence-corrected chi connectivity index (χ1v) is 13.1. The molecule has 0 radical (unpaired) electrons. The van der Waals surface area contributed by atoms with Crippen molar-refractivity contribution >= 4 is 33.4 Å². The van der Waals surface area contributed by atoms with Gasteiger partial charge in [-0.15, -0.1) is 4.40 Å². The molecule has 4 heterocycles. The number of anilines is 1. The smallest absolute Gasteiger partial charge is 0.285 e. The van der Waals surface area contributed by atoms with Crippen molar-refractivity contribution in [3.05, 3.63) is 48.0 Å². The van der Waals surface area contributed by atoms with Crippen molar-refractivity contribution in [3.8, 4) is 11.5 Å². The average Bonchev–Trinajstić information content (AvgIpc) is 3.40. The summed E-state index contributed by atoms with van der Waals surface area (Å²) in [5, 5.41) is 0. The molecule has 2 saturated heterocycles. The number of ether oxygens (including phenoxy) is 2. The summed E-state index contributed by atoms with van der Waals surface area (Å²) in [4.78, 5) is 31.8. The first-order chi connectivity index (χ1) is 16.9. The maximum atomic E-state index is 13.2. The van der Waals surface area contributed by atoms with Crippen LogP contribution in [0.15, 0.2) is 51.8 Å². The van der Waals surface area contributed by atoms with E-state index in [9.17, 15) is 18.0 Å². The Morgan fingerprint density at radius 1 is 0.943 bits per heavy atom. The topological polar surface area (TPSA) is 109 Å². The fraction of sp³-hybridized carbons (Fsp3) is 0.375. The molecule has 0 bridgehead atoms. The molecule has 0 aliphatic carbocycles. The van der Waals surface area contributed by atoms with Crippen molar-refractivity contribution in [2.24, 2.45) is 10.3 Å². The highest BCUT2D eigenvalue weighted by Gasteiger charge is 2.41. The van der Waals surface area contributed by atoms with E-state index in [4.69, 9.17) is 9.47 Å². The Balaban J connectivity index is 1.12. The second-order valence-corrected chi connectivity index (χ2v) is 10.4. The van der Waals surface area contributed by atoms with Crippen LogP contribution >= 0.6 is 0 Å². The number of amides is 2. The van der Waals surface area contributed by atoms with Crippen molar-refractivity contribution in [1.29, 1.82) is 0 Å². The van der Waals surface area contributed by atoms with Crippen LogP contribution in [0.2, 0.25) is 0 Å². The van der Waals surface area contributed by atoms with Gasteiger partial charge in [-0.3, -0.25) is 9.59 Å². The first kappa shape index (κ1) is 21.9. The number of nitrogens with zero attached hydrogens (tertiary/aromatic N) is 4. The van der Waals surface area contributed by atoms with E-state index in [0.717, 1.165) is 0 Å². The molecule has 0 spiro atoms. The van der Waals surface area contributed by atoms with Gasteiger partial charge in [-0.1, -0.05) is 12.1 Å². The second kappa shape index (κ2) is 8.26. The highest BCUT2D eigenvalue weighted by molar-refractivity contribution is 7.90. The maximum absolute atomic E-state index is 13.2. The predicted molar refractivity (Wildman–Crippen MR) is 126 cm³/mol. The van der Waals surface area contributed by atoms with Crippen LogP contribution < -0.4 is 14.4 Å². The lowest BCUT2D eigenvalue weighted by Crippen LogP contribution is -2.52. The third kappa shape index (κ3) is 3.70. The third-order valence-corrected chi connectivity index (χ3v) is 8.17. The van der Waals surface area contributed by atoms with Crippen molar-refractivity contribution < 1.29 is 27.5 Å². The largest absolute Gasteiger partial charge is 0.486 e. The SMILES string of the molecule is O=C(C1CCN(c2ccc3c(c2)OCCO3)C1=O)N1CCN(C2=NS(=O)(=O)c3ccccc32)CC1. The quantitative estimate of drug-likeness (QED) is 0.573. The summed E-state index contributed by atoms with van der Waals surface area (Å²) in [5.41, 5.74) is 1.28. The van der Waals surface area contributed by atoms with E-state index in [1.165, 1.54) is 0 Å². The fourth-order valence-corrected chi connectivity index (χ4v) is 6.27. The number of rotatable bonds is 2. The number of carbonyl (C=O) groups is 2. The number of carbonyl (C=O) groups excluding carboxylic acids is 2. The minimum atomic E-state index is -3.69. The van der Waals surface area contributed by atoms with E-state index in [-0.39, 0.29) is 16.7 Å². The predicted octanol–water partition coefficient (Wildman–Crippen LogP) is 1.10. The second-order valence-electron chi connectivity index (χ2n) is 8.86. The van der Waals surface area contributed by atoms with E-state index >= 15 is 0 Å². The van der Waals surface area contributed by atoms with Crippen LogP contribution in [0.4, 0.5) is 5.69 Å². The third-order valence-electron chi connectivity index (χ3n) is 6.84. The molecule has 4 aliphatic rings. The van der Waals surface area contributed by atoms with Crippen molar-refractivity contribution in [1.82, 2.24) is 9.80 Å². The van der Waals surface area contributed by atoms with Gasteiger partial charge in [-0.25, -0.2) is 0 Å². The summed E-state index contributed by atoms with van der Waals surface area (Å²) in [6.45, 7) is 3.10. The monoisotopic (exact) mass is 496 g/mol. The number of sulfonamides is 1. The molecule has 2 aromatic rings. The Bertz CT molecular complexity index is 1350. The number of amidine groups is 1. The zero-order valence-electron chi connectivity index (χ0n) is 18.9. The molecule has 0 N–H and O–H groups in total. The van der Waals surface area contributed by atoms with Gasteiger partial charge in [0.05, 0.1) is 0 Å². The summed E-state index contributed by atoms with van der Waals surface area (Å²) in [7, 11) is -3.69. The molecule has 2 fully saturated rings. The van der Waals surface area contributed by atoms with E-state index in [0.29, 0.717) is 80.9 Å². The summed E-state index contributed by atoms with van der Waals surface area (Å²) in [5.74, 6) is 0.560. The van der Waals surface area contributed by atoms with E-state index in [2.05, 4.69) is 4.40 Å². The van der Waals surface area contributed by atoms with Gasteiger partial charge in [0.1, 0.15) is 24.0 Å². The van der Waals surface area contributed by atoms with Crippen LogP contribution in [0.1, 0.15) is 12.0 Å². The Kier molecular flexibility index (Phi) is 5.17. The Morgan fingerprint density at radius 2 is 1.69 bits per heavy atom. The summed E-state index contributed by atoms with van der Waals surface area (Å²) in [6.07, 6.45) is 0.449.